The third-order valence-electron chi connectivity index (χ3n) is 5.75. The standard InChI is InChI=1S/C20H32N4O3S/c1-13-16(12-25)28-20(22-13)17(15-10-6-7-11-21-15)24-19(27)18(26)23-14-8-4-2-3-5-9-14/h14-15,17,21,25H,2-12H2,1H3,(H,23,26)(H,24,27). The van der Waals surface area contributed by atoms with Crippen molar-refractivity contribution in [1.29, 1.82) is 0 Å². The summed E-state index contributed by atoms with van der Waals surface area (Å²) in [4.78, 5) is 30.5. The van der Waals surface area contributed by atoms with Gasteiger partial charge in [0.05, 0.1) is 23.2 Å². The number of rotatable bonds is 5. The minimum Gasteiger partial charge on any atom is -0.391 e. The van der Waals surface area contributed by atoms with E-state index in [0.717, 1.165) is 67.1 Å². The Labute approximate surface area is 170 Å². The van der Waals surface area contributed by atoms with E-state index in [9.17, 15) is 14.7 Å². The Bertz CT molecular complexity index is 664. The molecule has 2 amide bonds. The van der Waals surface area contributed by atoms with Gasteiger partial charge in [-0.15, -0.1) is 11.3 Å². The Balaban J connectivity index is 1.68. The highest BCUT2D eigenvalue weighted by Gasteiger charge is 2.31. The first-order valence-electron chi connectivity index (χ1n) is 10.5. The molecule has 0 bridgehead atoms. The van der Waals surface area contributed by atoms with E-state index in [1.165, 1.54) is 24.2 Å². The molecule has 2 heterocycles. The van der Waals surface area contributed by atoms with Crippen LogP contribution in [0.3, 0.4) is 0 Å². The van der Waals surface area contributed by atoms with Gasteiger partial charge in [-0.2, -0.15) is 0 Å². The number of aliphatic hydroxyl groups is 1. The number of amides is 2. The van der Waals surface area contributed by atoms with Crippen LogP contribution in [0.25, 0.3) is 0 Å². The molecule has 2 fully saturated rings. The quantitative estimate of drug-likeness (QED) is 0.441. The summed E-state index contributed by atoms with van der Waals surface area (Å²) in [5, 5.41) is 19.5. The maximum Gasteiger partial charge on any atom is 0.309 e. The molecule has 2 unspecified atom stereocenters. The molecular formula is C20H32N4O3S. The second-order valence-electron chi connectivity index (χ2n) is 7.89. The molecule has 1 aliphatic carbocycles. The van der Waals surface area contributed by atoms with Crippen molar-refractivity contribution in [2.45, 2.75) is 89.4 Å². The van der Waals surface area contributed by atoms with Gasteiger partial charge in [0.15, 0.2) is 0 Å². The lowest BCUT2D eigenvalue weighted by Gasteiger charge is -2.30. The van der Waals surface area contributed by atoms with Crippen LogP contribution in [0, 0.1) is 6.92 Å². The number of carbonyl (C=O) groups is 2. The third kappa shape index (κ3) is 5.52. The molecule has 2 aliphatic rings. The Hall–Kier alpha value is -1.51. The van der Waals surface area contributed by atoms with Gasteiger partial charge >= 0.3 is 11.8 Å². The van der Waals surface area contributed by atoms with Gasteiger partial charge in [-0.25, -0.2) is 4.98 Å². The molecule has 28 heavy (non-hydrogen) atoms. The van der Waals surface area contributed by atoms with Crippen molar-refractivity contribution in [3.8, 4) is 0 Å². The molecule has 0 spiro atoms. The number of thiazole rings is 1. The van der Waals surface area contributed by atoms with E-state index in [0.29, 0.717) is 0 Å². The zero-order chi connectivity index (χ0) is 19.9. The van der Waals surface area contributed by atoms with Crippen LogP contribution in [0.4, 0.5) is 0 Å². The third-order valence-corrected chi connectivity index (χ3v) is 6.98. The van der Waals surface area contributed by atoms with Crippen molar-refractivity contribution in [2.24, 2.45) is 0 Å². The van der Waals surface area contributed by atoms with Gasteiger partial charge in [0.1, 0.15) is 5.01 Å². The first kappa shape index (κ1) is 21.2. The van der Waals surface area contributed by atoms with Crippen molar-refractivity contribution in [1.82, 2.24) is 20.9 Å². The van der Waals surface area contributed by atoms with Crippen LogP contribution in [0.2, 0.25) is 0 Å². The average Bonchev–Trinajstić information content (AvgIpc) is 2.90. The highest BCUT2D eigenvalue weighted by atomic mass is 32.1. The summed E-state index contributed by atoms with van der Waals surface area (Å²) in [6, 6.07) is -0.229. The van der Waals surface area contributed by atoms with Crippen molar-refractivity contribution >= 4 is 23.2 Å². The smallest absolute Gasteiger partial charge is 0.309 e. The summed E-state index contributed by atoms with van der Waals surface area (Å²) in [6.07, 6.45) is 9.59. The highest BCUT2D eigenvalue weighted by Crippen LogP contribution is 2.29. The Morgan fingerprint density at radius 2 is 1.86 bits per heavy atom. The number of nitrogens with zero attached hydrogens (tertiary/aromatic N) is 1. The average molecular weight is 409 g/mol. The number of nitrogens with one attached hydrogen (secondary N) is 3. The fraction of sp³-hybridized carbons (Fsp3) is 0.750. The monoisotopic (exact) mass is 408 g/mol. The SMILES string of the molecule is Cc1nc(C(NC(=O)C(=O)NC2CCCCCC2)C2CCCCN2)sc1CO. The maximum atomic E-state index is 12.7. The van der Waals surface area contributed by atoms with Crippen molar-refractivity contribution in [3.63, 3.8) is 0 Å². The molecule has 1 aromatic rings. The molecule has 1 aromatic heterocycles. The fourth-order valence-electron chi connectivity index (χ4n) is 4.11. The van der Waals surface area contributed by atoms with Crippen LogP contribution in [-0.2, 0) is 16.2 Å². The van der Waals surface area contributed by atoms with Gasteiger partial charge in [0.2, 0.25) is 0 Å². The van der Waals surface area contributed by atoms with Gasteiger partial charge in [0.25, 0.3) is 0 Å². The topological polar surface area (TPSA) is 103 Å². The molecule has 7 nitrogen and oxygen atoms in total. The van der Waals surface area contributed by atoms with Crippen LogP contribution >= 0.6 is 11.3 Å². The summed E-state index contributed by atoms with van der Waals surface area (Å²) >= 11 is 1.41. The summed E-state index contributed by atoms with van der Waals surface area (Å²) < 4.78 is 0. The first-order valence-corrected chi connectivity index (χ1v) is 11.3. The minimum atomic E-state index is -0.597. The number of aryl methyl sites for hydroxylation is 1. The number of hydrogen-bond donors (Lipinski definition) is 4. The van der Waals surface area contributed by atoms with Gasteiger partial charge in [0, 0.05) is 12.1 Å². The zero-order valence-electron chi connectivity index (χ0n) is 16.6. The number of aromatic nitrogens is 1. The normalized spacial score (nSPS) is 22.3. The number of aliphatic hydroxyl groups excluding tert-OH is 1. The van der Waals surface area contributed by atoms with Crippen molar-refractivity contribution < 1.29 is 14.7 Å². The van der Waals surface area contributed by atoms with Gasteiger partial charge in [-0.3, -0.25) is 9.59 Å². The number of piperidine rings is 1. The zero-order valence-corrected chi connectivity index (χ0v) is 17.4. The molecule has 1 saturated carbocycles. The molecule has 1 saturated heterocycles. The van der Waals surface area contributed by atoms with Crippen LogP contribution < -0.4 is 16.0 Å². The van der Waals surface area contributed by atoms with E-state index < -0.39 is 11.8 Å². The summed E-state index contributed by atoms with van der Waals surface area (Å²) in [5.74, 6) is -1.15. The van der Waals surface area contributed by atoms with E-state index >= 15 is 0 Å². The van der Waals surface area contributed by atoms with E-state index in [2.05, 4.69) is 20.9 Å². The van der Waals surface area contributed by atoms with Crippen molar-refractivity contribution in [3.05, 3.63) is 15.6 Å². The molecular weight excluding hydrogens is 376 g/mol. The number of hydrogen-bond acceptors (Lipinski definition) is 6. The predicted octanol–water partition coefficient (Wildman–Crippen LogP) is 2.08. The Kier molecular flexibility index (Phi) is 7.82. The first-order chi connectivity index (χ1) is 13.6. The minimum absolute atomic E-state index is 0.0421. The molecule has 1 aliphatic heterocycles. The van der Waals surface area contributed by atoms with Crippen LogP contribution in [0.1, 0.15) is 79.4 Å². The van der Waals surface area contributed by atoms with Gasteiger partial charge in [-0.05, 0) is 39.2 Å². The lowest BCUT2D eigenvalue weighted by Crippen LogP contribution is -2.50. The molecule has 156 valence electrons. The van der Waals surface area contributed by atoms with Crippen LogP contribution in [0.5, 0.6) is 0 Å². The van der Waals surface area contributed by atoms with Crippen LogP contribution in [-0.4, -0.2) is 40.5 Å². The Morgan fingerprint density at radius 1 is 1.14 bits per heavy atom. The van der Waals surface area contributed by atoms with E-state index in [4.69, 9.17) is 0 Å². The van der Waals surface area contributed by atoms with Gasteiger partial charge in [-0.1, -0.05) is 32.1 Å². The Morgan fingerprint density at radius 3 is 2.46 bits per heavy atom. The lowest BCUT2D eigenvalue weighted by molar-refractivity contribution is -0.140. The molecule has 0 aromatic carbocycles. The van der Waals surface area contributed by atoms with Crippen molar-refractivity contribution in [2.75, 3.05) is 6.54 Å². The number of carbonyl (C=O) groups excluding carboxylic acids is 2. The highest BCUT2D eigenvalue weighted by molar-refractivity contribution is 7.11. The molecule has 8 heteroatoms. The lowest BCUT2D eigenvalue weighted by atomic mass is 9.98. The van der Waals surface area contributed by atoms with E-state index in [1.807, 2.05) is 6.92 Å². The fourth-order valence-corrected chi connectivity index (χ4v) is 5.15. The predicted molar refractivity (Wildman–Crippen MR) is 109 cm³/mol. The maximum absolute atomic E-state index is 12.7. The summed E-state index contributed by atoms with van der Waals surface area (Å²) in [6.45, 7) is 2.68. The van der Waals surface area contributed by atoms with Gasteiger partial charge < -0.3 is 21.1 Å². The largest absolute Gasteiger partial charge is 0.391 e. The van der Waals surface area contributed by atoms with E-state index in [1.54, 1.807) is 0 Å². The molecule has 4 N–H and O–H groups in total. The second kappa shape index (κ2) is 10.3. The molecule has 0 radical (unpaired) electrons. The summed E-state index contributed by atoms with van der Waals surface area (Å²) in [5.41, 5.74) is 0.778. The molecule has 3 rings (SSSR count). The summed E-state index contributed by atoms with van der Waals surface area (Å²) in [7, 11) is 0. The second-order valence-corrected chi connectivity index (χ2v) is 9.00. The molecule has 2 atom stereocenters. The van der Waals surface area contributed by atoms with Crippen LogP contribution in [0.15, 0.2) is 0 Å². The van der Waals surface area contributed by atoms with E-state index in [-0.39, 0.29) is 24.7 Å².